The molecule has 0 fully saturated rings. The van der Waals surface area contributed by atoms with Crippen molar-refractivity contribution in [3.63, 3.8) is 0 Å². The van der Waals surface area contributed by atoms with E-state index in [9.17, 15) is 18.0 Å². The van der Waals surface area contributed by atoms with E-state index < -0.39 is 16.2 Å². The van der Waals surface area contributed by atoms with Crippen LogP contribution in [0.1, 0.15) is 31.2 Å². The Morgan fingerprint density at radius 1 is 0.971 bits per heavy atom. The number of carbonyl (C=O) groups excluding carboxylic acids is 2. The number of quaternary nitrogens is 1. The van der Waals surface area contributed by atoms with E-state index in [1.54, 1.807) is 0 Å². The van der Waals surface area contributed by atoms with Gasteiger partial charge in [-0.05, 0) is 18.4 Å². The van der Waals surface area contributed by atoms with Gasteiger partial charge in [-0.1, -0.05) is 36.8 Å². The van der Waals surface area contributed by atoms with E-state index in [1.165, 1.54) is 0 Å². The largest absolute Gasteiger partial charge is 0.445 e. The summed E-state index contributed by atoms with van der Waals surface area (Å²) in [5.74, 6) is 0.0187. The smallest absolute Gasteiger partial charge is 0.407 e. The summed E-state index contributed by atoms with van der Waals surface area (Å²) in [6.45, 7) is 4.07. The topological polar surface area (TPSA) is 151 Å². The molecule has 0 heterocycles. The Balaban J connectivity index is 0.00000209. The number of carbonyl (C=O) groups is 2. The molecule has 202 valence electrons. The van der Waals surface area contributed by atoms with Gasteiger partial charge in [0.25, 0.3) is 10.1 Å². The van der Waals surface area contributed by atoms with Crippen molar-refractivity contribution >= 4 is 22.1 Å². The highest BCUT2D eigenvalue weighted by molar-refractivity contribution is 7.85. The van der Waals surface area contributed by atoms with E-state index in [4.69, 9.17) is 19.1 Å². The summed E-state index contributed by atoms with van der Waals surface area (Å²) in [5.41, 5.74) is 0.953. The summed E-state index contributed by atoms with van der Waals surface area (Å²) in [4.78, 5) is 23.4. The Morgan fingerprint density at radius 3 is 2.26 bits per heavy atom. The number of aliphatic hydroxyl groups excluding tert-OH is 1. The first-order valence-electron chi connectivity index (χ1n) is 11.6. The second-order valence-corrected chi connectivity index (χ2v) is 10.1. The number of hydrogen-bond acceptors (Lipinski definition) is 7. The monoisotopic (exact) mass is 520 g/mol. The fourth-order valence-corrected chi connectivity index (χ4v) is 2.70. The van der Waals surface area contributed by atoms with Crippen molar-refractivity contribution in [2.75, 3.05) is 66.4 Å². The van der Waals surface area contributed by atoms with Crippen LogP contribution < -0.4 is 10.6 Å². The minimum absolute atomic E-state index is 0.0187. The summed E-state index contributed by atoms with van der Waals surface area (Å²) >= 11 is 0. The second-order valence-electron chi connectivity index (χ2n) is 8.60. The molecule has 0 saturated carbocycles. The van der Waals surface area contributed by atoms with Crippen LogP contribution >= 0.6 is 0 Å². The van der Waals surface area contributed by atoms with E-state index in [-0.39, 0.29) is 19.1 Å². The highest BCUT2D eigenvalue weighted by Gasteiger charge is 2.13. The minimum atomic E-state index is -3.67. The molecule has 11 nitrogen and oxygen atoms in total. The number of unbranched alkanes of at least 4 members (excludes halogenated alkanes) is 2. The van der Waals surface area contributed by atoms with Gasteiger partial charge in [-0.3, -0.25) is 9.35 Å². The molecular formula is C23H42N3O8S+. The number of alkyl carbamates (subject to hydrolysis) is 1. The van der Waals surface area contributed by atoms with Gasteiger partial charge in [0.05, 0.1) is 40.2 Å². The van der Waals surface area contributed by atoms with Gasteiger partial charge in [0, 0.05) is 19.5 Å². The highest BCUT2D eigenvalue weighted by atomic mass is 32.2. The van der Waals surface area contributed by atoms with E-state index in [0.717, 1.165) is 31.4 Å². The number of nitrogens with zero attached hydrogens (tertiary/aromatic N) is 1. The molecule has 0 aliphatic carbocycles. The molecule has 0 radical (unpaired) electrons. The predicted molar refractivity (Wildman–Crippen MR) is 133 cm³/mol. The number of amides is 2. The van der Waals surface area contributed by atoms with Crippen LogP contribution in [0.4, 0.5) is 4.79 Å². The Hall–Kier alpha value is -2.25. The molecule has 2 amide bonds. The van der Waals surface area contributed by atoms with Crippen LogP contribution in [0.15, 0.2) is 30.3 Å². The number of nitrogens with one attached hydrogen (secondary N) is 2. The summed E-state index contributed by atoms with van der Waals surface area (Å²) < 4.78 is 37.2. The van der Waals surface area contributed by atoms with Gasteiger partial charge in [-0.15, -0.1) is 0 Å². The first-order valence-corrected chi connectivity index (χ1v) is 13.4. The second kappa shape index (κ2) is 19.0. The zero-order valence-corrected chi connectivity index (χ0v) is 21.9. The van der Waals surface area contributed by atoms with E-state index in [1.807, 2.05) is 44.4 Å². The molecule has 0 spiro atoms. The summed E-state index contributed by atoms with van der Waals surface area (Å²) in [7, 11) is 0.426. The normalized spacial score (nSPS) is 11.2. The summed E-state index contributed by atoms with van der Waals surface area (Å²) in [6, 6.07) is 9.54. The van der Waals surface area contributed by atoms with Gasteiger partial charge in [-0.25, -0.2) is 4.79 Å². The van der Waals surface area contributed by atoms with Crippen LogP contribution in [0.5, 0.6) is 0 Å². The molecule has 0 bridgehead atoms. The van der Waals surface area contributed by atoms with Crippen LogP contribution in [-0.2, 0) is 31.0 Å². The van der Waals surface area contributed by atoms with Crippen molar-refractivity contribution in [1.82, 2.24) is 10.6 Å². The van der Waals surface area contributed by atoms with E-state index in [2.05, 4.69) is 10.6 Å². The van der Waals surface area contributed by atoms with Crippen LogP contribution in [0, 0.1) is 0 Å². The number of ether oxygens (including phenoxy) is 2. The van der Waals surface area contributed by atoms with Crippen molar-refractivity contribution in [2.24, 2.45) is 0 Å². The fourth-order valence-electron chi connectivity index (χ4n) is 2.70. The van der Waals surface area contributed by atoms with Gasteiger partial charge in [0.15, 0.2) is 0 Å². The number of rotatable bonds is 16. The third-order valence-corrected chi connectivity index (χ3v) is 4.68. The number of benzene rings is 1. The van der Waals surface area contributed by atoms with Crippen molar-refractivity contribution in [2.45, 2.75) is 32.3 Å². The lowest BCUT2D eigenvalue weighted by Gasteiger charge is -2.28. The lowest BCUT2D eigenvalue weighted by Crippen LogP contribution is -2.44. The summed E-state index contributed by atoms with van der Waals surface area (Å²) in [6.07, 6.45) is 3.21. The average molecular weight is 521 g/mol. The van der Waals surface area contributed by atoms with Gasteiger partial charge < -0.3 is 29.7 Å². The molecule has 0 saturated heterocycles. The number of likely N-dealkylation sites (N-methyl/N-ethyl adjacent to an activating group) is 1. The maximum absolute atomic E-state index is 11.8. The molecular weight excluding hydrogens is 478 g/mol. The Morgan fingerprint density at radius 2 is 1.63 bits per heavy atom. The standard InChI is InChI=1S/C22H37N3O5.CH4O3S/c1-25(2,14-16-26)15-18-29-17-13-23-21(27)11-7-4-8-12-24-22(28)30-19-20-9-5-3-6-10-20;1-5(2,3)4/h3,5-6,9-10,26H,4,7-8,11-19H2,1-2H3,(H-,23,24,27,28);1H3,(H,2,3,4)/p+1. The molecule has 1 aromatic rings. The molecule has 0 aliphatic rings. The van der Waals surface area contributed by atoms with Gasteiger partial charge in [0.1, 0.15) is 19.7 Å². The number of aliphatic hydroxyl groups is 1. The highest BCUT2D eigenvalue weighted by Crippen LogP contribution is 2.02. The molecule has 1 rings (SSSR count). The van der Waals surface area contributed by atoms with Gasteiger partial charge in [-0.2, -0.15) is 8.42 Å². The molecule has 0 atom stereocenters. The Labute approximate surface area is 209 Å². The SMILES string of the molecule is CS(=O)(=O)O.C[N+](C)(CCO)CCOCCNC(=O)CCCCCNC(=O)OCc1ccccc1. The zero-order chi connectivity index (χ0) is 26.6. The molecule has 0 aromatic heterocycles. The van der Waals surface area contributed by atoms with Crippen LogP contribution in [0.25, 0.3) is 0 Å². The maximum Gasteiger partial charge on any atom is 0.407 e. The molecule has 1 aromatic carbocycles. The molecule has 4 N–H and O–H groups in total. The first kappa shape index (κ1) is 32.8. The lowest BCUT2D eigenvalue weighted by atomic mass is 10.2. The number of hydrogen-bond donors (Lipinski definition) is 4. The molecule has 0 aliphatic heterocycles. The van der Waals surface area contributed by atoms with Crippen LogP contribution in [-0.4, -0.2) is 101 Å². The van der Waals surface area contributed by atoms with Gasteiger partial charge >= 0.3 is 6.09 Å². The third-order valence-electron chi connectivity index (χ3n) is 4.68. The third kappa shape index (κ3) is 24.7. The minimum Gasteiger partial charge on any atom is -0.445 e. The van der Waals surface area contributed by atoms with Crippen molar-refractivity contribution in [1.29, 1.82) is 0 Å². The van der Waals surface area contributed by atoms with E-state index >= 15 is 0 Å². The van der Waals surface area contributed by atoms with E-state index in [0.29, 0.717) is 50.0 Å². The maximum atomic E-state index is 11.8. The molecule has 35 heavy (non-hydrogen) atoms. The van der Waals surface area contributed by atoms with Crippen LogP contribution in [0.3, 0.4) is 0 Å². The Kier molecular flexibility index (Phi) is 17.8. The van der Waals surface area contributed by atoms with Crippen LogP contribution in [0.2, 0.25) is 0 Å². The predicted octanol–water partition coefficient (Wildman–Crippen LogP) is 1.18. The quantitative estimate of drug-likeness (QED) is 0.144. The fraction of sp³-hybridized carbons (Fsp3) is 0.652. The Bertz CT molecular complexity index is 796. The zero-order valence-electron chi connectivity index (χ0n) is 21.1. The lowest BCUT2D eigenvalue weighted by molar-refractivity contribution is -0.891. The first-order chi connectivity index (χ1) is 16.4. The summed E-state index contributed by atoms with van der Waals surface area (Å²) in [5, 5.41) is 14.5. The molecule has 0 unspecified atom stereocenters. The van der Waals surface area contributed by atoms with Crippen molar-refractivity contribution < 1.29 is 41.6 Å². The molecule has 12 heteroatoms. The van der Waals surface area contributed by atoms with Crippen molar-refractivity contribution in [3.8, 4) is 0 Å². The average Bonchev–Trinajstić information content (AvgIpc) is 2.76. The van der Waals surface area contributed by atoms with Gasteiger partial charge in [0.2, 0.25) is 5.91 Å². The van der Waals surface area contributed by atoms with Crippen molar-refractivity contribution in [3.05, 3.63) is 35.9 Å².